The van der Waals surface area contributed by atoms with Crippen molar-refractivity contribution in [3.8, 4) is 22.5 Å². The van der Waals surface area contributed by atoms with Crippen LogP contribution in [0.3, 0.4) is 0 Å². The number of allylic oxidation sites excluding steroid dienone is 4. The third-order valence-electron chi connectivity index (χ3n) is 24.0. The monoisotopic (exact) mass is 2030 g/mol. The van der Waals surface area contributed by atoms with E-state index >= 15 is 0 Å². The van der Waals surface area contributed by atoms with Gasteiger partial charge in [-0.2, -0.15) is 0 Å². The van der Waals surface area contributed by atoms with Gasteiger partial charge in [0.2, 0.25) is 0 Å². The molecule has 2 aliphatic carbocycles. The van der Waals surface area contributed by atoms with Gasteiger partial charge in [0.25, 0.3) is 0 Å². The number of nitrogens with zero attached hydrogens (tertiary/aromatic N) is 3. The standard InChI is InChI=1S/C24H24BNO2.C18H12BrN.C17H11Br.C12H24B2O4.C12H10BrN.C12H9N.C6H7I.CHCl3.BHNS/c1-23(2)24(3,4)28-25(27-23)17-14-15-22-20(16-17)19-12-8-9-13-21(19)26(22)18-10-6-5-7-11-18;19-13-10-11-18-16(12-13)15-8-4-5-9-17(15)20(18)14-6-2-1-3-7-14;18-17-10-16-12-6-2-1-5-11(12)9-15(16)13-7-3-4-8-14(13)17;1-9(2)10(3,4)16-13(15-9)14-17-11(5,6)12(7,8)18-14;1-2-11-10(7-8-13)9-5-3-4-6-12(9)14-11;1-3-7-11-9(5-1)10-6-2-4-8-12(10)13-11;7-6-4-2-1-3-5-6;2-1(3)4;1-2-3/h5-16H,1-4H3;1-12H;1-8,10H,9H2;1-8H3;2-8,14H,1H2;1-8,13H;1-2,4H,3,5H2;1H;3H/b;;;;8-7+;;;;. The van der Waals surface area contributed by atoms with Gasteiger partial charge in [-0.05, 0) is 269 Å². The van der Waals surface area contributed by atoms with Crippen molar-refractivity contribution in [1.29, 1.82) is 0 Å². The summed E-state index contributed by atoms with van der Waals surface area (Å²) >= 11 is 30.5. The summed E-state index contributed by atoms with van der Waals surface area (Å²) in [6.07, 6.45) is 13.9. The number of hydrogen-bond donors (Lipinski definition) is 3. The largest absolute Gasteiger partial charge is 0.355 e. The Morgan fingerprint density at radius 1 is 0.472 bits per heavy atom. The van der Waals surface area contributed by atoms with Gasteiger partial charge in [0.15, 0.2) is 4.30 Å². The molecule has 3 saturated heterocycles. The topological polar surface area (TPSA) is 109 Å². The third-order valence-corrected chi connectivity index (χ3v) is 26.3. The first kappa shape index (κ1) is 94.6. The van der Waals surface area contributed by atoms with Gasteiger partial charge in [0.05, 0.1) is 55.7 Å². The van der Waals surface area contributed by atoms with E-state index in [0.717, 1.165) is 33.3 Å². The number of alkyl halides is 3. The average Bonchev–Trinajstić information content (AvgIpc) is 1.59. The summed E-state index contributed by atoms with van der Waals surface area (Å²) in [5, 5.41) is 11.5. The number of halogens is 7. The van der Waals surface area contributed by atoms with Crippen molar-refractivity contribution in [2.75, 3.05) is 0 Å². The first-order valence-electron chi connectivity index (χ1n) is 41.4. The van der Waals surface area contributed by atoms with Gasteiger partial charge < -0.3 is 47.0 Å². The number of aromatic amines is 2. The Bertz CT molecular complexity index is 6480. The number of H-pyrrole nitrogens is 2. The van der Waals surface area contributed by atoms with Gasteiger partial charge in [0.1, 0.15) is 0 Å². The predicted octanol–water partition coefficient (Wildman–Crippen LogP) is 30.4. The Kier molecular flexibility index (Phi) is 31.2. The van der Waals surface area contributed by atoms with E-state index in [-0.39, 0.29) is 40.7 Å². The van der Waals surface area contributed by atoms with Crippen LogP contribution in [-0.2, 0) is 34.3 Å². The molecule has 12 aromatic carbocycles. The number of fused-ring (bicyclic) bond motifs is 15. The van der Waals surface area contributed by atoms with E-state index in [9.17, 15) is 0 Å². The van der Waals surface area contributed by atoms with Crippen molar-refractivity contribution in [3.05, 3.63) is 338 Å². The van der Waals surface area contributed by atoms with E-state index in [1.54, 1.807) is 0 Å². The first-order chi connectivity index (χ1) is 59.8. The summed E-state index contributed by atoms with van der Waals surface area (Å²) in [4.78, 5) is 8.54. The van der Waals surface area contributed by atoms with Gasteiger partial charge >= 0.3 is 45.9 Å². The second kappa shape index (κ2) is 41.2. The number of thiol groups is 1. The Morgan fingerprint density at radius 3 is 1.34 bits per heavy atom. The second-order valence-corrected chi connectivity index (χ2v) is 39.5. The molecular formula is C102H99B4Br3Cl3IN5O6S. The van der Waals surface area contributed by atoms with Gasteiger partial charge in [-0.3, -0.25) is 0 Å². The molecule has 16 aromatic rings. The fourth-order valence-corrected chi connectivity index (χ4v) is 17.4. The molecular weight excluding hydrogens is 1940 g/mol. The molecule has 7 heterocycles. The van der Waals surface area contributed by atoms with Crippen molar-refractivity contribution < 1.29 is 27.9 Å². The van der Waals surface area contributed by atoms with Crippen molar-refractivity contribution in [1.82, 2.24) is 19.1 Å². The maximum atomic E-state index is 6.27. The summed E-state index contributed by atoms with van der Waals surface area (Å²) in [6.45, 7) is 28.4. The number of aromatic nitrogens is 4. The normalized spacial score (nSPS) is 16.2. The molecule has 2 N–H and O–H groups in total. The van der Waals surface area contributed by atoms with E-state index < -0.39 is 18.3 Å². The summed E-state index contributed by atoms with van der Waals surface area (Å²) in [7, 11) is 3.03. The van der Waals surface area contributed by atoms with E-state index in [1.807, 2.05) is 96.8 Å². The summed E-state index contributed by atoms with van der Waals surface area (Å²) < 4.78 is 46.7. The van der Waals surface area contributed by atoms with Crippen molar-refractivity contribution >= 4 is 251 Å². The zero-order chi connectivity index (χ0) is 89.2. The van der Waals surface area contributed by atoms with Crippen molar-refractivity contribution in [3.63, 3.8) is 0 Å². The minimum Gasteiger partial charge on any atom is -0.355 e. The maximum Gasteiger partial charge on any atom is 0.0464 e. The van der Waals surface area contributed by atoms with Crippen LogP contribution in [0.25, 0.3) is 122 Å². The molecule has 11 nitrogen and oxygen atoms in total. The number of nitrogens with one attached hydrogen (secondary N) is 2. The Hall–Kier alpha value is -7.99. The molecule has 23 heteroatoms. The number of hydrogen-bond acceptors (Lipinski definition) is 8. The zero-order valence-corrected chi connectivity index (χ0v) is 82.1. The third kappa shape index (κ3) is 21.5. The number of rotatable bonds is 6. The van der Waals surface area contributed by atoms with Crippen LogP contribution in [0, 0.1) is 0 Å². The van der Waals surface area contributed by atoms with Gasteiger partial charge in [0, 0.05) is 85.8 Å². The van der Waals surface area contributed by atoms with Crippen LogP contribution in [-0.4, -0.2) is 85.8 Å². The summed E-state index contributed by atoms with van der Waals surface area (Å²) in [6, 6.07) is 95.7. The average molecular weight is 2040 g/mol. The minimum absolute atomic E-state index is 0.343. The molecule has 0 unspecified atom stereocenters. The summed E-state index contributed by atoms with van der Waals surface area (Å²) in [5.74, 6) is 0. The molecule has 0 amide bonds. The quantitative estimate of drug-likeness (QED) is 0.0662. The molecule has 5 aliphatic rings. The molecule has 635 valence electrons. The van der Waals surface area contributed by atoms with Gasteiger partial charge in [-0.25, -0.2) is 0 Å². The van der Waals surface area contributed by atoms with E-state index in [4.69, 9.17) is 62.7 Å². The number of para-hydroxylation sites is 7. The fourth-order valence-electron chi connectivity index (χ4n) is 15.7. The van der Waals surface area contributed by atoms with E-state index in [1.165, 1.54) is 136 Å². The summed E-state index contributed by atoms with van der Waals surface area (Å²) in [5.41, 5.74) is 17.6. The smallest absolute Gasteiger partial charge is 0.0464 e. The molecule has 3 aliphatic heterocycles. The van der Waals surface area contributed by atoms with E-state index in [2.05, 4.69) is 415 Å². The Balaban J connectivity index is 0.000000126. The van der Waals surface area contributed by atoms with Crippen LogP contribution in [0.4, 0.5) is 0 Å². The minimum atomic E-state index is -0.750. The van der Waals surface area contributed by atoms with Crippen molar-refractivity contribution in [2.45, 2.75) is 140 Å². The van der Waals surface area contributed by atoms with Crippen LogP contribution in [0.15, 0.2) is 320 Å². The Morgan fingerprint density at radius 2 is 0.872 bits per heavy atom. The molecule has 0 bridgehead atoms. The number of benzene rings is 12. The molecule has 0 saturated carbocycles. The van der Waals surface area contributed by atoms with E-state index in [0.29, 0.717) is 0 Å². The molecule has 0 atom stereocenters. The molecule has 4 aromatic heterocycles. The molecule has 3 fully saturated rings. The molecule has 21 rings (SSSR count). The SMILES string of the molecule is Brc1cc2c(c3ccccc13)Cc1ccccc1-2.Brc1ccc2c(c1)c1ccccc1n2-c1ccccc1.C=Cc1[nH]c2ccccc2c1/C=C/Br.CC1(C)OB(B2OC(C)(C)C(C)(C)O2)OC1(C)C.CC1(C)OB(c2ccc3c(c2)c2ccccc2n3-c2ccccc2)OC1(C)C.ClC(Cl)Cl.IC1=CC=CCC1.[B]=NS.c1ccc2c(c1)[nH]c1ccccc12. The van der Waals surface area contributed by atoms with Crippen LogP contribution in [0.1, 0.15) is 118 Å². The zero-order valence-electron chi connectivity index (χ0n) is 72.0. The van der Waals surface area contributed by atoms with Crippen LogP contribution >= 0.6 is 118 Å². The predicted molar refractivity (Wildman–Crippen MR) is 558 cm³/mol. The second-order valence-electron chi connectivity index (χ2n) is 33.6. The molecule has 125 heavy (non-hydrogen) atoms. The van der Waals surface area contributed by atoms with Gasteiger partial charge in [-0.15, -0.1) is 0 Å². The Labute approximate surface area is 795 Å². The van der Waals surface area contributed by atoms with Crippen LogP contribution in [0.2, 0.25) is 0 Å². The van der Waals surface area contributed by atoms with Gasteiger partial charge in [-0.1, -0.05) is 295 Å². The molecule has 0 spiro atoms. The van der Waals surface area contributed by atoms with Crippen LogP contribution in [0.5, 0.6) is 0 Å². The fraction of sp³-hybridized carbons (Fsp3) is 0.216. The maximum absolute atomic E-state index is 6.27. The van der Waals surface area contributed by atoms with Crippen LogP contribution < -0.4 is 5.46 Å². The first-order valence-corrected chi connectivity index (χ1v) is 46.7. The molecule has 1 radical (unpaired) electrons. The van der Waals surface area contributed by atoms with Crippen molar-refractivity contribution in [2.24, 2.45) is 4.30 Å².